The summed E-state index contributed by atoms with van der Waals surface area (Å²) in [6.07, 6.45) is 6.09. The zero-order chi connectivity index (χ0) is 12.1. The predicted octanol–water partition coefficient (Wildman–Crippen LogP) is 1.56. The van der Waals surface area contributed by atoms with Gasteiger partial charge in [-0.15, -0.1) is 6.42 Å². The second kappa shape index (κ2) is 5.69. The molecule has 0 saturated heterocycles. The maximum Gasteiger partial charge on any atom is 0.0788 e. The van der Waals surface area contributed by atoms with Gasteiger partial charge in [-0.3, -0.25) is 4.21 Å². The van der Waals surface area contributed by atoms with E-state index in [1.807, 2.05) is 24.9 Å². The van der Waals surface area contributed by atoms with Crippen LogP contribution in [0.2, 0.25) is 0 Å². The number of nitrogens with zero attached hydrogens (tertiary/aromatic N) is 1. The van der Waals surface area contributed by atoms with Crippen LogP contribution in [-0.2, 0) is 17.5 Å². The minimum Gasteiger partial charge on any atom is -0.768 e. The molecule has 0 radical (unpaired) electrons. The summed E-state index contributed by atoms with van der Waals surface area (Å²) < 4.78 is 21.7. The number of rotatable bonds is 4. The number of terminal acetylenes is 1. The van der Waals surface area contributed by atoms with Crippen LogP contribution >= 0.6 is 0 Å². The van der Waals surface area contributed by atoms with Gasteiger partial charge in [0.15, 0.2) is 0 Å². The Kier molecular flexibility index (Phi) is 4.53. The lowest BCUT2D eigenvalue weighted by molar-refractivity contribution is 0.537. The van der Waals surface area contributed by atoms with Gasteiger partial charge in [-0.2, -0.15) is 0 Å². The van der Waals surface area contributed by atoms with E-state index in [9.17, 15) is 8.76 Å². The molecule has 86 valence electrons. The number of hydrogen-bond donors (Lipinski definition) is 0. The summed E-state index contributed by atoms with van der Waals surface area (Å²) in [6, 6.07) is 5.09. The van der Waals surface area contributed by atoms with Crippen molar-refractivity contribution in [2.45, 2.75) is 18.2 Å². The zero-order valence-corrected chi connectivity index (χ0v) is 10.2. The lowest BCUT2D eigenvalue weighted by Gasteiger charge is -2.21. The van der Waals surface area contributed by atoms with Crippen molar-refractivity contribution in [1.29, 1.82) is 0 Å². The zero-order valence-electron chi connectivity index (χ0n) is 9.40. The monoisotopic (exact) mass is 236 g/mol. The van der Waals surface area contributed by atoms with Crippen molar-refractivity contribution < 1.29 is 8.76 Å². The van der Waals surface area contributed by atoms with Crippen LogP contribution < -0.4 is 4.90 Å². The molecule has 3 nitrogen and oxygen atoms in total. The van der Waals surface area contributed by atoms with Crippen LogP contribution in [0, 0.1) is 12.3 Å². The van der Waals surface area contributed by atoms with E-state index in [1.54, 1.807) is 12.1 Å². The summed E-state index contributed by atoms with van der Waals surface area (Å²) in [5, 5.41) is 0. The quantitative estimate of drug-likeness (QED) is 0.588. The van der Waals surface area contributed by atoms with Crippen LogP contribution in [-0.4, -0.2) is 22.4 Å². The Balaban J connectivity index is 3.17. The second-order valence-corrected chi connectivity index (χ2v) is 4.38. The second-order valence-electron chi connectivity index (χ2n) is 3.44. The molecule has 1 unspecified atom stereocenters. The number of hydrogen-bond acceptors (Lipinski definition) is 3. The lowest BCUT2D eigenvalue weighted by atomic mass is 10.1. The van der Waals surface area contributed by atoms with Crippen molar-refractivity contribution in [3.05, 3.63) is 23.8 Å². The van der Waals surface area contributed by atoms with E-state index < -0.39 is 11.1 Å². The van der Waals surface area contributed by atoms with E-state index in [2.05, 4.69) is 5.92 Å². The van der Waals surface area contributed by atoms with Crippen molar-refractivity contribution in [2.75, 3.05) is 18.5 Å². The summed E-state index contributed by atoms with van der Waals surface area (Å²) in [6.45, 7) is 2.48. The van der Waals surface area contributed by atoms with Gasteiger partial charge in [-0.1, -0.05) is 18.9 Å². The van der Waals surface area contributed by atoms with Gasteiger partial charge in [-0.05, 0) is 35.2 Å². The maximum absolute atomic E-state index is 10.9. The highest BCUT2D eigenvalue weighted by molar-refractivity contribution is 7.79. The number of aryl methyl sites for hydroxylation is 1. The minimum absolute atomic E-state index is 0.288. The van der Waals surface area contributed by atoms with E-state index in [0.717, 1.165) is 17.7 Å². The fraction of sp³-hybridized carbons (Fsp3) is 0.333. The third-order valence-electron chi connectivity index (χ3n) is 2.37. The summed E-state index contributed by atoms with van der Waals surface area (Å²) in [4.78, 5) is 2.16. The van der Waals surface area contributed by atoms with E-state index >= 15 is 0 Å². The average molecular weight is 236 g/mol. The molecular formula is C12H14NO2S-. The van der Waals surface area contributed by atoms with Gasteiger partial charge in [0.25, 0.3) is 0 Å². The molecular weight excluding hydrogens is 222 g/mol. The molecule has 0 fully saturated rings. The van der Waals surface area contributed by atoms with Crippen LogP contribution in [0.4, 0.5) is 5.69 Å². The predicted molar refractivity (Wildman–Crippen MR) is 65.1 cm³/mol. The Morgan fingerprint density at radius 3 is 2.75 bits per heavy atom. The van der Waals surface area contributed by atoms with Gasteiger partial charge < -0.3 is 9.45 Å². The molecule has 0 spiro atoms. The van der Waals surface area contributed by atoms with Crippen molar-refractivity contribution >= 4 is 16.8 Å². The molecule has 1 aromatic carbocycles. The molecule has 1 atom stereocenters. The molecule has 4 heteroatoms. The lowest BCUT2D eigenvalue weighted by Crippen LogP contribution is -2.18. The first-order chi connectivity index (χ1) is 7.60. The van der Waals surface area contributed by atoms with Gasteiger partial charge in [-0.25, -0.2) is 0 Å². The van der Waals surface area contributed by atoms with Gasteiger partial charge >= 0.3 is 0 Å². The first-order valence-electron chi connectivity index (χ1n) is 4.97. The van der Waals surface area contributed by atoms with Gasteiger partial charge in [0.1, 0.15) is 0 Å². The standard InChI is InChI=1S/C12H15NO2S/c1-4-8-13(3)12-9-11(16(14)15)7-6-10(12)5-2/h1,6-7,9H,5,8H2,2-3H3,(H,14,15)/p-1. The molecule has 0 amide bonds. The normalized spacial score (nSPS) is 11.9. The highest BCUT2D eigenvalue weighted by Gasteiger charge is 2.06. The number of anilines is 1. The van der Waals surface area contributed by atoms with E-state index in [1.165, 1.54) is 0 Å². The van der Waals surface area contributed by atoms with Crippen LogP contribution in [0.5, 0.6) is 0 Å². The van der Waals surface area contributed by atoms with Crippen LogP contribution in [0.25, 0.3) is 0 Å². The molecule has 0 heterocycles. The fourth-order valence-electron chi connectivity index (χ4n) is 1.52. The van der Waals surface area contributed by atoms with Crippen molar-refractivity contribution in [3.8, 4) is 12.3 Å². The largest absolute Gasteiger partial charge is 0.768 e. The smallest absolute Gasteiger partial charge is 0.0788 e. The fourth-order valence-corrected chi connectivity index (χ4v) is 1.91. The SMILES string of the molecule is C#CCN(C)c1cc(S(=O)[O-])ccc1CC. The third-order valence-corrected chi connectivity index (χ3v) is 3.01. The summed E-state index contributed by atoms with van der Waals surface area (Å²) in [5.74, 6) is 2.54. The van der Waals surface area contributed by atoms with E-state index in [0.29, 0.717) is 6.54 Å². The molecule has 0 aromatic heterocycles. The van der Waals surface area contributed by atoms with Crippen molar-refractivity contribution in [1.82, 2.24) is 0 Å². The van der Waals surface area contributed by atoms with Gasteiger partial charge in [0.2, 0.25) is 0 Å². The van der Waals surface area contributed by atoms with Crippen molar-refractivity contribution in [2.24, 2.45) is 0 Å². The summed E-state index contributed by atoms with van der Waals surface area (Å²) in [5.41, 5.74) is 1.97. The molecule has 0 bridgehead atoms. The van der Waals surface area contributed by atoms with Gasteiger partial charge in [0, 0.05) is 17.6 Å². The summed E-state index contributed by atoms with van der Waals surface area (Å²) >= 11 is -2.20. The van der Waals surface area contributed by atoms with Crippen LogP contribution in [0.3, 0.4) is 0 Å². The highest BCUT2D eigenvalue weighted by atomic mass is 32.2. The molecule has 1 aromatic rings. The Morgan fingerprint density at radius 2 is 2.25 bits per heavy atom. The Morgan fingerprint density at radius 1 is 1.56 bits per heavy atom. The molecule has 0 N–H and O–H groups in total. The highest BCUT2D eigenvalue weighted by Crippen LogP contribution is 2.23. The molecule has 0 aliphatic heterocycles. The van der Waals surface area contributed by atoms with Gasteiger partial charge in [0.05, 0.1) is 6.54 Å². The Hall–Kier alpha value is -1.31. The maximum atomic E-state index is 10.9. The Bertz CT molecular complexity index is 437. The first kappa shape index (κ1) is 12.8. The van der Waals surface area contributed by atoms with Crippen LogP contribution in [0.1, 0.15) is 12.5 Å². The average Bonchev–Trinajstić information content (AvgIpc) is 2.28. The third kappa shape index (κ3) is 2.84. The van der Waals surface area contributed by atoms with Crippen molar-refractivity contribution in [3.63, 3.8) is 0 Å². The topological polar surface area (TPSA) is 43.4 Å². The minimum atomic E-state index is -2.20. The summed E-state index contributed by atoms with van der Waals surface area (Å²) in [7, 11) is 1.85. The molecule has 16 heavy (non-hydrogen) atoms. The Labute approximate surface area is 98.8 Å². The number of benzene rings is 1. The molecule has 0 aliphatic carbocycles. The molecule has 0 aliphatic rings. The van der Waals surface area contributed by atoms with Crippen LogP contribution in [0.15, 0.2) is 23.1 Å². The molecule has 1 rings (SSSR count). The van der Waals surface area contributed by atoms with E-state index in [4.69, 9.17) is 6.42 Å². The molecule has 0 saturated carbocycles. The first-order valence-corrected chi connectivity index (χ1v) is 6.04. The van der Waals surface area contributed by atoms with E-state index in [-0.39, 0.29) is 4.90 Å².